The van der Waals surface area contributed by atoms with Gasteiger partial charge in [-0.1, -0.05) is 0 Å². The Morgan fingerprint density at radius 1 is 1.40 bits per heavy atom. The zero-order valence-electron chi connectivity index (χ0n) is 14.1. The van der Waals surface area contributed by atoms with Crippen LogP contribution in [-0.4, -0.2) is 44.0 Å². The number of amides is 1. The molecular formula is C18H22N4O3. The van der Waals surface area contributed by atoms with Crippen LogP contribution in [-0.2, 0) is 11.8 Å². The van der Waals surface area contributed by atoms with Crippen molar-refractivity contribution in [3.63, 3.8) is 0 Å². The predicted octanol–water partition coefficient (Wildman–Crippen LogP) is 1.31. The molecule has 1 fully saturated rings. The molecule has 1 amide bonds. The molecule has 132 valence electrons. The Labute approximate surface area is 146 Å². The number of aliphatic hydroxyl groups excluding tert-OH is 1. The van der Waals surface area contributed by atoms with Crippen LogP contribution in [0.5, 0.6) is 5.75 Å². The number of carbonyl (C=O) groups excluding carboxylic acids is 1. The first-order valence-corrected chi connectivity index (χ1v) is 8.35. The number of aryl methyl sites for hydroxylation is 1. The Balaban J connectivity index is 1.57. The Hall–Kier alpha value is -2.67. The maximum atomic E-state index is 12.1. The second-order valence-corrected chi connectivity index (χ2v) is 6.09. The van der Waals surface area contributed by atoms with E-state index in [9.17, 15) is 9.90 Å². The number of nitrogens with zero attached hydrogens (tertiary/aromatic N) is 3. The van der Waals surface area contributed by atoms with Gasteiger partial charge in [-0.25, -0.2) is 0 Å². The number of carbonyl (C=O) groups is 1. The molecule has 0 aliphatic heterocycles. The summed E-state index contributed by atoms with van der Waals surface area (Å²) in [6.45, 7) is 0. The summed E-state index contributed by atoms with van der Waals surface area (Å²) < 4.78 is 7.50. The topological polar surface area (TPSA) is 89.3 Å². The lowest BCUT2D eigenvalue weighted by Gasteiger charge is -2.35. The van der Waals surface area contributed by atoms with Gasteiger partial charge in [-0.15, -0.1) is 0 Å². The van der Waals surface area contributed by atoms with Crippen LogP contribution < -0.4 is 10.1 Å². The highest BCUT2D eigenvalue weighted by Crippen LogP contribution is 2.24. The van der Waals surface area contributed by atoms with Gasteiger partial charge in [0, 0.05) is 25.5 Å². The Kier molecular flexibility index (Phi) is 5.45. The Morgan fingerprint density at radius 2 is 2.28 bits per heavy atom. The summed E-state index contributed by atoms with van der Waals surface area (Å²) >= 11 is 0. The summed E-state index contributed by atoms with van der Waals surface area (Å²) in [5.41, 5.74) is 0.831. The van der Waals surface area contributed by atoms with E-state index in [1.54, 1.807) is 41.5 Å². The molecule has 0 spiro atoms. The van der Waals surface area contributed by atoms with E-state index < -0.39 is 6.10 Å². The van der Waals surface area contributed by atoms with Crippen LogP contribution in [0.15, 0.2) is 42.9 Å². The highest BCUT2D eigenvalue weighted by Gasteiger charge is 2.34. The lowest BCUT2D eigenvalue weighted by Crippen LogP contribution is -2.52. The molecule has 0 unspecified atom stereocenters. The highest BCUT2D eigenvalue weighted by molar-refractivity contribution is 5.91. The summed E-state index contributed by atoms with van der Waals surface area (Å²) in [6.07, 6.45) is 9.32. The minimum atomic E-state index is -0.761. The maximum absolute atomic E-state index is 12.1. The van der Waals surface area contributed by atoms with Gasteiger partial charge in [0.15, 0.2) is 0 Å². The second-order valence-electron chi connectivity index (χ2n) is 6.09. The smallest absolute Gasteiger partial charge is 0.244 e. The van der Waals surface area contributed by atoms with Crippen LogP contribution in [0, 0.1) is 0 Å². The van der Waals surface area contributed by atoms with E-state index in [0.717, 1.165) is 25.0 Å². The van der Waals surface area contributed by atoms with Crippen molar-refractivity contribution in [1.29, 1.82) is 0 Å². The van der Waals surface area contributed by atoms with Crippen molar-refractivity contribution in [2.75, 3.05) is 0 Å². The number of hydrogen-bond donors (Lipinski definition) is 2. The average molecular weight is 342 g/mol. The molecule has 25 heavy (non-hydrogen) atoms. The quantitative estimate of drug-likeness (QED) is 0.800. The summed E-state index contributed by atoms with van der Waals surface area (Å²) in [4.78, 5) is 16.1. The van der Waals surface area contributed by atoms with Gasteiger partial charge in [0.25, 0.3) is 0 Å². The zero-order chi connectivity index (χ0) is 17.6. The van der Waals surface area contributed by atoms with E-state index in [4.69, 9.17) is 4.74 Å². The van der Waals surface area contributed by atoms with Crippen molar-refractivity contribution in [2.24, 2.45) is 7.05 Å². The van der Waals surface area contributed by atoms with E-state index >= 15 is 0 Å². The number of rotatable bonds is 5. The molecule has 0 bridgehead atoms. The number of nitrogens with one attached hydrogen (secondary N) is 1. The average Bonchev–Trinajstić information content (AvgIpc) is 3.03. The first-order chi connectivity index (χ1) is 12.1. The first kappa shape index (κ1) is 17.2. The van der Waals surface area contributed by atoms with E-state index in [2.05, 4.69) is 15.4 Å². The number of ether oxygens (including phenoxy) is 1. The Morgan fingerprint density at radius 3 is 3.00 bits per heavy atom. The van der Waals surface area contributed by atoms with Gasteiger partial charge < -0.3 is 15.2 Å². The molecule has 2 N–H and O–H groups in total. The van der Waals surface area contributed by atoms with Crippen LogP contribution >= 0.6 is 0 Å². The van der Waals surface area contributed by atoms with Gasteiger partial charge in [-0.2, -0.15) is 5.10 Å². The van der Waals surface area contributed by atoms with Gasteiger partial charge in [-0.3, -0.25) is 14.5 Å². The maximum Gasteiger partial charge on any atom is 0.244 e. The minimum absolute atomic E-state index is 0.243. The molecule has 3 rings (SSSR count). The fourth-order valence-electron chi connectivity index (χ4n) is 2.96. The molecule has 3 atom stereocenters. The number of aromatic nitrogens is 3. The van der Waals surface area contributed by atoms with Gasteiger partial charge in [0.1, 0.15) is 18.0 Å². The SMILES string of the molecule is Cn1nccc1/C=C/C(=O)N[C@@H]1CCC[C@@H](Oc2cccnc2)[C@@H]1O. The molecule has 0 aromatic carbocycles. The molecule has 0 saturated heterocycles. The van der Waals surface area contributed by atoms with Crippen LogP contribution in [0.1, 0.15) is 25.0 Å². The fraction of sp³-hybridized carbons (Fsp3) is 0.389. The second kappa shape index (κ2) is 7.94. The molecular weight excluding hydrogens is 320 g/mol. The summed E-state index contributed by atoms with van der Waals surface area (Å²) in [6, 6.07) is 5.07. The normalized spacial score (nSPS) is 23.5. The molecule has 2 aromatic rings. The number of hydrogen-bond acceptors (Lipinski definition) is 5. The highest BCUT2D eigenvalue weighted by atomic mass is 16.5. The molecule has 1 saturated carbocycles. The van der Waals surface area contributed by atoms with Gasteiger partial charge in [0.05, 0.1) is 17.9 Å². The standard InChI is InChI=1S/C18H22N4O3/c1-22-13(9-11-20-22)7-8-17(23)21-15-5-2-6-16(18(15)24)25-14-4-3-10-19-12-14/h3-4,7-12,15-16,18,24H,2,5-6H2,1H3,(H,21,23)/b8-7+/t15-,16-,18-/m1/s1. The molecule has 7 heteroatoms. The van der Waals surface area contributed by atoms with E-state index in [-0.39, 0.29) is 18.1 Å². The van der Waals surface area contributed by atoms with Crippen molar-refractivity contribution < 1.29 is 14.6 Å². The van der Waals surface area contributed by atoms with E-state index in [0.29, 0.717) is 5.75 Å². The lowest BCUT2D eigenvalue weighted by atomic mass is 9.90. The van der Waals surface area contributed by atoms with Gasteiger partial charge >= 0.3 is 0 Å². The summed E-state index contributed by atoms with van der Waals surface area (Å²) in [5.74, 6) is 0.377. The zero-order valence-corrected chi connectivity index (χ0v) is 14.1. The third-order valence-electron chi connectivity index (χ3n) is 4.31. The molecule has 1 aliphatic rings. The van der Waals surface area contributed by atoms with Crippen LogP contribution in [0.25, 0.3) is 6.08 Å². The minimum Gasteiger partial charge on any atom is -0.486 e. The molecule has 0 radical (unpaired) electrons. The van der Waals surface area contributed by atoms with Crippen molar-refractivity contribution in [3.8, 4) is 5.75 Å². The monoisotopic (exact) mass is 342 g/mol. The molecule has 1 aliphatic carbocycles. The third kappa shape index (κ3) is 4.45. The van der Waals surface area contributed by atoms with Crippen molar-refractivity contribution >= 4 is 12.0 Å². The fourth-order valence-corrected chi connectivity index (χ4v) is 2.96. The van der Waals surface area contributed by atoms with Crippen molar-refractivity contribution in [2.45, 2.75) is 37.5 Å². The van der Waals surface area contributed by atoms with E-state index in [1.165, 1.54) is 6.08 Å². The number of pyridine rings is 1. The number of aliphatic hydroxyl groups is 1. The first-order valence-electron chi connectivity index (χ1n) is 8.35. The van der Waals surface area contributed by atoms with E-state index in [1.807, 2.05) is 13.1 Å². The van der Waals surface area contributed by atoms with Crippen molar-refractivity contribution in [1.82, 2.24) is 20.1 Å². The van der Waals surface area contributed by atoms with Gasteiger partial charge in [-0.05, 0) is 43.5 Å². The molecule has 2 heterocycles. The molecule has 2 aromatic heterocycles. The largest absolute Gasteiger partial charge is 0.486 e. The van der Waals surface area contributed by atoms with Gasteiger partial charge in [0.2, 0.25) is 5.91 Å². The third-order valence-corrected chi connectivity index (χ3v) is 4.31. The summed E-state index contributed by atoms with van der Waals surface area (Å²) in [7, 11) is 1.81. The lowest BCUT2D eigenvalue weighted by molar-refractivity contribution is -0.119. The van der Waals surface area contributed by atoms with Crippen LogP contribution in [0.3, 0.4) is 0 Å². The van der Waals surface area contributed by atoms with Crippen LogP contribution in [0.2, 0.25) is 0 Å². The predicted molar refractivity (Wildman–Crippen MR) is 92.7 cm³/mol. The van der Waals surface area contributed by atoms with Crippen LogP contribution in [0.4, 0.5) is 0 Å². The summed E-state index contributed by atoms with van der Waals surface area (Å²) in [5, 5.41) is 17.4. The molecule has 7 nitrogen and oxygen atoms in total. The van der Waals surface area contributed by atoms with Crippen molar-refractivity contribution in [3.05, 3.63) is 48.6 Å². The Bertz CT molecular complexity index is 729.